The molecule has 0 bridgehead atoms. The Kier molecular flexibility index (Phi) is 6.32. The molecule has 0 fully saturated rings. The molecule has 0 aliphatic carbocycles. The van der Waals surface area contributed by atoms with Crippen molar-refractivity contribution in [2.75, 3.05) is 0 Å². The van der Waals surface area contributed by atoms with Gasteiger partial charge in [-0.2, -0.15) is 0 Å². The predicted octanol–water partition coefficient (Wildman–Crippen LogP) is 0.992. The van der Waals surface area contributed by atoms with E-state index >= 15 is 0 Å². The number of rotatable bonds is 7. The molecule has 1 unspecified atom stereocenters. The van der Waals surface area contributed by atoms with E-state index in [0.29, 0.717) is 24.7 Å². The van der Waals surface area contributed by atoms with Crippen LogP contribution in [-0.2, 0) is 9.59 Å². The summed E-state index contributed by atoms with van der Waals surface area (Å²) in [6, 6.07) is -0.558. The Hall–Kier alpha value is -2.08. The first kappa shape index (κ1) is 12.9. The van der Waals surface area contributed by atoms with Crippen molar-refractivity contribution in [2.45, 2.75) is 12.5 Å². The smallest absolute Gasteiger partial charge is 0.207 e. The van der Waals surface area contributed by atoms with Gasteiger partial charge in [0.1, 0.15) is 6.29 Å². The molecule has 0 heterocycles. The number of nitrogens with one attached hydrogen (secondary N) is 1. The van der Waals surface area contributed by atoms with Crippen molar-refractivity contribution in [3.05, 3.63) is 36.5 Å². The molecule has 0 aromatic carbocycles. The number of hydrogen-bond donors (Lipinski definition) is 1. The van der Waals surface area contributed by atoms with E-state index in [-0.39, 0.29) is 0 Å². The third-order valence-corrected chi connectivity index (χ3v) is 1.71. The Bertz CT molecular complexity index is 334. The zero-order chi connectivity index (χ0) is 11.7. The molecule has 0 aromatic heterocycles. The van der Waals surface area contributed by atoms with Gasteiger partial charge in [0.25, 0.3) is 0 Å². The minimum Gasteiger partial charge on any atom is -0.349 e. The van der Waals surface area contributed by atoms with Crippen molar-refractivity contribution in [1.82, 2.24) is 5.32 Å². The third-order valence-electron chi connectivity index (χ3n) is 1.71. The molecule has 1 atom stereocenters. The number of carbonyl (C=O) groups is 2. The van der Waals surface area contributed by atoms with Crippen LogP contribution in [0.3, 0.4) is 0 Å². The normalized spacial score (nSPS) is 12.1. The van der Waals surface area contributed by atoms with E-state index in [1.807, 2.05) is 0 Å². The summed E-state index contributed by atoms with van der Waals surface area (Å²) in [4.78, 5) is 20.7. The van der Waals surface area contributed by atoms with Crippen molar-refractivity contribution >= 4 is 12.7 Å². The SMILES string of the molecule is C#CC(=C)/C=C(\C=C)CC(C=O)NC=O. The molecular formula is C12H13NO2. The molecule has 0 saturated carbocycles. The fourth-order valence-electron chi connectivity index (χ4n) is 0.954. The number of allylic oxidation sites excluding steroid dienone is 3. The third kappa shape index (κ3) is 5.27. The zero-order valence-electron chi connectivity index (χ0n) is 8.40. The highest BCUT2D eigenvalue weighted by Gasteiger charge is 2.06. The van der Waals surface area contributed by atoms with Crippen LogP contribution in [0, 0.1) is 12.3 Å². The minimum absolute atomic E-state index is 0.354. The molecule has 15 heavy (non-hydrogen) atoms. The Morgan fingerprint density at radius 2 is 2.20 bits per heavy atom. The van der Waals surface area contributed by atoms with E-state index in [0.717, 1.165) is 5.57 Å². The van der Waals surface area contributed by atoms with Crippen molar-refractivity contribution in [1.29, 1.82) is 0 Å². The lowest BCUT2D eigenvalue weighted by molar-refractivity contribution is -0.115. The molecule has 0 aromatic rings. The Morgan fingerprint density at radius 1 is 1.53 bits per heavy atom. The largest absolute Gasteiger partial charge is 0.349 e. The first-order chi connectivity index (χ1) is 7.17. The number of terminal acetylenes is 1. The fraction of sp³-hybridized carbons (Fsp3) is 0.167. The van der Waals surface area contributed by atoms with Crippen LogP contribution in [0.15, 0.2) is 36.5 Å². The van der Waals surface area contributed by atoms with E-state index in [4.69, 9.17) is 6.42 Å². The molecule has 1 amide bonds. The predicted molar refractivity (Wildman–Crippen MR) is 59.9 cm³/mol. The highest BCUT2D eigenvalue weighted by atomic mass is 16.1. The summed E-state index contributed by atoms with van der Waals surface area (Å²) < 4.78 is 0. The lowest BCUT2D eigenvalue weighted by atomic mass is 10.0. The van der Waals surface area contributed by atoms with Crippen LogP contribution < -0.4 is 5.32 Å². The molecule has 3 heteroatoms. The van der Waals surface area contributed by atoms with Crippen LogP contribution in [0.1, 0.15) is 6.42 Å². The maximum absolute atomic E-state index is 10.6. The van der Waals surface area contributed by atoms with Gasteiger partial charge in [0.05, 0.1) is 6.04 Å². The Labute approximate surface area is 89.6 Å². The highest BCUT2D eigenvalue weighted by Crippen LogP contribution is 2.08. The molecular weight excluding hydrogens is 190 g/mol. The minimum atomic E-state index is -0.558. The molecule has 0 aliphatic heterocycles. The quantitative estimate of drug-likeness (QED) is 0.381. The highest BCUT2D eigenvalue weighted by molar-refractivity contribution is 5.64. The van der Waals surface area contributed by atoms with Crippen molar-refractivity contribution < 1.29 is 9.59 Å². The molecule has 0 spiro atoms. The second kappa shape index (κ2) is 7.34. The topological polar surface area (TPSA) is 46.2 Å². The average Bonchev–Trinajstić information content (AvgIpc) is 2.26. The van der Waals surface area contributed by atoms with E-state index < -0.39 is 6.04 Å². The van der Waals surface area contributed by atoms with Crippen LogP contribution in [0.25, 0.3) is 0 Å². The van der Waals surface area contributed by atoms with Gasteiger partial charge in [-0.1, -0.05) is 25.2 Å². The van der Waals surface area contributed by atoms with Gasteiger partial charge < -0.3 is 10.1 Å². The number of hydrogen-bond acceptors (Lipinski definition) is 2. The first-order valence-electron chi connectivity index (χ1n) is 4.31. The monoisotopic (exact) mass is 203 g/mol. The van der Waals surface area contributed by atoms with Crippen LogP contribution in [0.4, 0.5) is 0 Å². The Balaban J connectivity index is 4.57. The molecule has 78 valence electrons. The van der Waals surface area contributed by atoms with Gasteiger partial charge in [-0.3, -0.25) is 4.79 Å². The van der Waals surface area contributed by atoms with E-state index in [1.54, 1.807) is 12.2 Å². The summed E-state index contributed by atoms with van der Waals surface area (Å²) in [5.41, 5.74) is 1.25. The average molecular weight is 203 g/mol. The molecule has 0 radical (unpaired) electrons. The maximum Gasteiger partial charge on any atom is 0.207 e. The van der Waals surface area contributed by atoms with Crippen LogP contribution in [0.2, 0.25) is 0 Å². The lowest BCUT2D eigenvalue weighted by Gasteiger charge is -2.09. The van der Waals surface area contributed by atoms with Crippen molar-refractivity contribution in [2.24, 2.45) is 0 Å². The summed E-state index contributed by atoms with van der Waals surface area (Å²) >= 11 is 0. The zero-order valence-corrected chi connectivity index (χ0v) is 8.40. The molecule has 0 aliphatic rings. The number of carbonyl (C=O) groups excluding carboxylic acids is 2. The van der Waals surface area contributed by atoms with Crippen LogP contribution in [0.5, 0.6) is 0 Å². The second-order valence-corrected chi connectivity index (χ2v) is 2.82. The Morgan fingerprint density at radius 3 is 2.60 bits per heavy atom. The van der Waals surface area contributed by atoms with E-state index in [2.05, 4.69) is 24.4 Å². The summed E-state index contributed by atoms with van der Waals surface area (Å²) in [5.74, 6) is 2.36. The molecule has 0 rings (SSSR count). The van der Waals surface area contributed by atoms with E-state index in [9.17, 15) is 9.59 Å². The summed E-state index contributed by atoms with van der Waals surface area (Å²) in [5, 5.41) is 2.37. The van der Waals surface area contributed by atoms with E-state index in [1.165, 1.54) is 0 Å². The van der Waals surface area contributed by atoms with Gasteiger partial charge in [0.15, 0.2) is 0 Å². The number of aldehydes is 1. The first-order valence-corrected chi connectivity index (χ1v) is 4.31. The van der Waals surface area contributed by atoms with Crippen LogP contribution in [-0.4, -0.2) is 18.7 Å². The van der Waals surface area contributed by atoms with Gasteiger partial charge in [0.2, 0.25) is 6.41 Å². The van der Waals surface area contributed by atoms with Crippen molar-refractivity contribution in [3.8, 4) is 12.3 Å². The standard InChI is InChI=1S/C12H13NO2/c1-4-10(3)6-11(5-2)7-12(8-14)13-9-15/h1,5-6,8-9,12H,2-3,7H2,(H,13,15)/b11-6+. The van der Waals surface area contributed by atoms with Gasteiger partial charge in [-0.25, -0.2) is 0 Å². The number of amides is 1. The second-order valence-electron chi connectivity index (χ2n) is 2.82. The van der Waals surface area contributed by atoms with Gasteiger partial charge >= 0.3 is 0 Å². The van der Waals surface area contributed by atoms with Crippen molar-refractivity contribution in [3.63, 3.8) is 0 Å². The molecule has 3 nitrogen and oxygen atoms in total. The van der Waals surface area contributed by atoms with Gasteiger partial charge in [0, 0.05) is 5.57 Å². The maximum atomic E-state index is 10.6. The fourth-order valence-corrected chi connectivity index (χ4v) is 0.954. The van der Waals surface area contributed by atoms with Gasteiger partial charge in [-0.15, -0.1) is 6.42 Å². The van der Waals surface area contributed by atoms with Gasteiger partial charge in [-0.05, 0) is 18.1 Å². The summed E-state index contributed by atoms with van der Waals surface area (Å²) in [6.07, 6.45) is 9.84. The summed E-state index contributed by atoms with van der Waals surface area (Å²) in [6.45, 7) is 7.19. The van der Waals surface area contributed by atoms with Crippen LogP contribution >= 0.6 is 0 Å². The molecule has 0 saturated heterocycles. The lowest BCUT2D eigenvalue weighted by Crippen LogP contribution is -2.29. The molecule has 1 N–H and O–H groups in total. The summed E-state index contributed by atoms with van der Waals surface area (Å²) in [7, 11) is 0.